The minimum atomic E-state index is -0.0394. The number of carbonyl (C=O) groups excluding carboxylic acids is 2. The van der Waals surface area contributed by atoms with Crippen molar-refractivity contribution in [1.82, 2.24) is 0 Å². The molecular weight excluding hydrogens is 424 g/mol. The van der Waals surface area contributed by atoms with Gasteiger partial charge in [-0.3, -0.25) is 9.59 Å². The molecule has 0 amide bonds. The monoisotopic (exact) mass is 482 g/mol. The predicted molar refractivity (Wildman–Crippen MR) is 144 cm³/mol. The van der Waals surface area contributed by atoms with Crippen molar-refractivity contribution in [1.29, 1.82) is 0 Å². The molecular formula is C30H58O4. The third-order valence-corrected chi connectivity index (χ3v) is 6.83. The lowest BCUT2D eigenvalue weighted by molar-refractivity contribution is -0.148. The van der Waals surface area contributed by atoms with Crippen LogP contribution in [0.3, 0.4) is 0 Å². The van der Waals surface area contributed by atoms with Crippen molar-refractivity contribution in [3.8, 4) is 0 Å². The van der Waals surface area contributed by atoms with Crippen LogP contribution in [0.25, 0.3) is 0 Å². The molecule has 2 unspecified atom stereocenters. The lowest BCUT2D eigenvalue weighted by Crippen LogP contribution is -2.14. The van der Waals surface area contributed by atoms with Crippen molar-refractivity contribution >= 4 is 11.9 Å². The maximum atomic E-state index is 12.0. The van der Waals surface area contributed by atoms with Gasteiger partial charge in [-0.05, 0) is 44.9 Å². The van der Waals surface area contributed by atoms with Crippen LogP contribution < -0.4 is 0 Å². The van der Waals surface area contributed by atoms with Gasteiger partial charge in [-0.15, -0.1) is 0 Å². The number of hydrogen-bond acceptors (Lipinski definition) is 4. The number of ether oxygens (including phenoxy) is 2. The Labute approximate surface area is 212 Å². The highest BCUT2D eigenvalue weighted by molar-refractivity contribution is 5.69. The molecule has 0 bridgehead atoms. The molecule has 0 N–H and O–H groups in total. The normalized spacial score (nSPS) is 12.9. The summed E-state index contributed by atoms with van der Waals surface area (Å²) in [7, 11) is 0. The second kappa shape index (κ2) is 25.0. The van der Waals surface area contributed by atoms with Crippen LogP contribution in [0, 0.1) is 5.92 Å². The molecule has 0 heterocycles. The van der Waals surface area contributed by atoms with E-state index in [0.717, 1.165) is 64.2 Å². The first-order valence-electron chi connectivity index (χ1n) is 14.9. The molecule has 0 aromatic rings. The molecule has 0 aliphatic heterocycles. The molecule has 4 heteroatoms. The summed E-state index contributed by atoms with van der Waals surface area (Å²) in [5.74, 6) is 0.446. The first-order valence-corrected chi connectivity index (χ1v) is 14.9. The Morgan fingerprint density at radius 3 is 1.65 bits per heavy atom. The average Bonchev–Trinajstić information content (AvgIpc) is 2.82. The Morgan fingerprint density at radius 1 is 0.588 bits per heavy atom. The Hall–Kier alpha value is -1.06. The van der Waals surface area contributed by atoms with Crippen LogP contribution in [0.1, 0.15) is 163 Å². The van der Waals surface area contributed by atoms with E-state index in [1.165, 1.54) is 57.8 Å². The largest absolute Gasteiger partial charge is 0.465 e. The van der Waals surface area contributed by atoms with E-state index >= 15 is 0 Å². The van der Waals surface area contributed by atoms with Gasteiger partial charge >= 0.3 is 11.9 Å². The van der Waals surface area contributed by atoms with E-state index < -0.39 is 0 Å². The molecule has 0 spiro atoms. The minimum absolute atomic E-state index is 0.0141. The first-order chi connectivity index (χ1) is 16.5. The van der Waals surface area contributed by atoms with E-state index in [1.54, 1.807) is 0 Å². The van der Waals surface area contributed by atoms with Gasteiger partial charge in [0.1, 0.15) is 0 Å². The molecule has 0 saturated carbocycles. The van der Waals surface area contributed by atoms with Crippen LogP contribution in [0.5, 0.6) is 0 Å². The standard InChI is InChI=1S/C30H58O4/c1-5-8-10-11-12-13-14-17-21-25-30(32)34-27(4)22-19-16-15-18-20-24-29(31)33-26-28(7-3)23-9-6-2/h27-28H,5-26H2,1-4H3. The van der Waals surface area contributed by atoms with Crippen molar-refractivity contribution in [3.63, 3.8) is 0 Å². The summed E-state index contributed by atoms with van der Waals surface area (Å²) >= 11 is 0. The molecule has 0 aliphatic carbocycles. The van der Waals surface area contributed by atoms with Crippen LogP contribution in [0.15, 0.2) is 0 Å². The summed E-state index contributed by atoms with van der Waals surface area (Å²) in [6, 6.07) is 0. The van der Waals surface area contributed by atoms with Gasteiger partial charge in [0.05, 0.1) is 12.7 Å². The Kier molecular flexibility index (Phi) is 24.3. The molecule has 0 rings (SSSR count). The molecule has 0 aromatic heterocycles. The fourth-order valence-corrected chi connectivity index (χ4v) is 4.33. The van der Waals surface area contributed by atoms with Crippen LogP contribution in [0.2, 0.25) is 0 Å². The Balaban J connectivity index is 3.51. The highest BCUT2D eigenvalue weighted by Gasteiger charge is 2.11. The Morgan fingerprint density at radius 2 is 1.09 bits per heavy atom. The number of esters is 2. The van der Waals surface area contributed by atoms with Crippen LogP contribution in [-0.4, -0.2) is 24.6 Å². The molecule has 2 atom stereocenters. The third-order valence-electron chi connectivity index (χ3n) is 6.83. The van der Waals surface area contributed by atoms with E-state index in [2.05, 4.69) is 20.8 Å². The zero-order chi connectivity index (χ0) is 25.3. The lowest BCUT2D eigenvalue weighted by atomic mass is 10.0. The molecule has 34 heavy (non-hydrogen) atoms. The Bertz CT molecular complexity index is 463. The van der Waals surface area contributed by atoms with Crippen molar-refractivity contribution < 1.29 is 19.1 Å². The SMILES string of the molecule is CCCCCCCCCCCC(=O)OC(C)CCCCCCCC(=O)OCC(CC)CCCC. The zero-order valence-electron chi connectivity index (χ0n) is 23.3. The smallest absolute Gasteiger partial charge is 0.306 e. The van der Waals surface area contributed by atoms with Gasteiger partial charge in [-0.2, -0.15) is 0 Å². The van der Waals surface area contributed by atoms with Crippen molar-refractivity contribution in [2.45, 2.75) is 169 Å². The summed E-state index contributed by atoms with van der Waals surface area (Å²) in [6.45, 7) is 9.22. The molecule has 0 aliphatic rings. The second-order valence-corrected chi connectivity index (χ2v) is 10.3. The van der Waals surface area contributed by atoms with Gasteiger partial charge in [0.2, 0.25) is 0 Å². The molecule has 0 radical (unpaired) electrons. The second-order valence-electron chi connectivity index (χ2n) is 10.3. The molecule has 4 nitrogen and oxygen atoms in total. The van der Waals surface area contributed by atoms with E-state index in [1.807, 2.05) is 6.92 Å². The predicted octanol–water partition coefficient (Wildman–Crippen LogP) is 9.33. The number of carbonyl (C=O) groups is 2. The third kappa shape index (κ3) is 22.7. The number of hydrogen-bond donors (Lipinski definition) is 0. The van der Waals surface area contributed by atoms with Crippen LogP contribution in [-0.2, 0) is 19.1 Å². The van der Waals surface area contributed by atoms with Crippen LogP contribution >= 0.6 is 0 Å². The first kappa shape index (κ1) is 32.9. The fraction of sp³-hybridized carbons (Fsp3) is 0.933. The summed E-state index contributed by atoms with van der Waals surface area (Å²) in [5, 5.41) is 0. The maximum absolute atomic E-state index is 12.0. The summed E-state index contributed by atoms with van der Waals surface area (Å²) in [6.07, 6.45) is 23.4. The van der Waals surface area contributed by atoms with E-state index in [0.29, 0.717) is 25.4 Å². The zero-order valence-corrected chi connectivity index (χ0v) is 23.3. The van der Waals surface area contributed by atoms with Crippen molar-refractivity contribution in [3.05, 3.63) is 0 Å². The summed E-state index contributed by atoms with van der Waals surface area (Å²) < 4.78 is 11.0. The fourth-order valence-electron chi connectivity index (χ4n) is 4.33. The highest BCUT2D eigenvalue weighted by Crippen LogP contribution is 2.15. The van der Waals surface area contributed by atoms with E-state index in [-0.39, 0.29) is 18.0 Å². The van der Waals surface area contributed by atoms with Gasteiger partial charge in [0.25, 0.3) is 0 Å². The summed E-state index contributed by atoms with van der Waals surface area (Å²) in [4.78, 5) is 23.9. The molecule has 0 fully saturated rings. The maximum Gasteiger partial charge on any atom is 0.306 e. The van der Waals surface area contributed by atoms with Crippen molar-refractivity contribution in [2.24, 2.45) is 5.92 Å². The summed E-state index contributed by atoms with van der Waals surface area (Å²) in [5.41, 5.74) is 0. The van der Waals surface area contributed by atoms with E-state index in [4.69, 9.17) is 9.47 Å². The van der Waals surface area contributed by atoms with Crippen molar-refractivity contribution in [2.75, 3.05) is 6.61 Å². The minimum Gasteiger partial charge on any atom is -0.465 e. The van der Waals surface area contributed by atoms with Crippen LogP contribution in [0.4, 0.5) is 0 Å². The van der Waals surface area contributed by atoms with Gasteiger partial charge in [0.15, 0.2) is 0 Å². The molecule has 0 saturated heterocycles. The van der Waals surface area contributed by atoms with E-state index in [9.17, 15) is 9.59 Å². The molecule has 202 valence electrons. The lowest BCUT2D eigenvalue weighted by Gasteiger charge is -2.14. The average molecular weight is 483 g/mol. The van der Waals surface area contributed by atoms with Gasteiger partial charge in [-0.25, -0.2) is 0 Å². The van der Waals surface area contributed by atoms with Gasteiger partial charge in [0, 0.05) is 12.8 Å². The number of unbranched alkanes of at least 4 members (excludes halogenated alkanes) is 13. The quantitative estimate of drug-likeness (QED) is 0.0960. The van der Waals surface area contributed by atoms with Gasteiger partial charge < -0.3 is 9.47 Å². The molecule has 0 aromatic carbocycles. The van der Waals surface area contributed by atoms with Gasteiger partial charge in [-0.1, -0.05) is 111 Å². The topological polar surface area (TPSA) is 52.6 Å². The highest BCUT2D eigenvalue weighted by atomic mass is 16.5. The number of rotatable bonds is 25.